The fourth-order valence-corrected chi connectivity index (χ4v) is 2.98. The van der Waals surface area contributed by atoms with Gasteiger partial charge < -0.3 is 39.7 Å². The second kappa shape index (κ2) is 9.25. The molecule has 1 aliphatic rings. The van der Waals surface area contributed by atoms with Crippen LogP contribution in [0.5, 0.6) is 17.2 Å². The first-order valence-electron chi connectivity index (χ1n) is 9.04. The molecule has 3 rings (SSSR count). The van der Waals surface area contributed by atoms with E-state index in [4.69, 9.17) is 14.2 Å². The Labute approximate surface area is 167 Å². The molecule has 0 radical (unpaired) electrons. The van der Waals surface area contributed by atoms with Crippen molar-refractivity contribution >= 4 is 12.2 Å². The molecule has 8 heteroatoms. The second-order valence-electron chi connectivity index (χ2n) is 6.68. The van der Waals surface area contributed by atoms with Crippen molar-refractivity contribution in [3.63, 3.8) is 0 Å². The Balaban J connectivity index is 1.75. The van der Waals surface area contributed by atoms with Crippen LogP contribution in [0.2, 0.25) is 0 Å². The number of aromatic hydroxyl groups is 1. The van der Waals surface area contributed by atoms with Crippen molar-refractivity contribution in [1.82, 2.24) is 0 Å². The molecule has 2 aromatic rings. The van der Waals surface area contributed by atoms with E-state index < -0.39 is 37.3 Å². The standard InChI is InChI=1S/C21H24O8/c1-27-15-6-4-12(5-7-15)2-3-13-8-14(23)10-16(9-13)28-21-20(26)19(25)18(24)17(11-22)29-21/h2-10,17-26H,11H2,1H3/b3-2+/t17?,18?,19?,20?,21-/m0/s1. The van der Waals surface area contributed by atoms with Gasteiger partial charge in [-0.25, -0.2) is 0 Å². The largest absolute Gasteiger partial charge is 0.508 e. The molecule has 0 amide bonds. The summed E-state index contributed by atoms with van der Waals surface area (Å²) in [7, 11) is 1.59. The zero-order valence-corrected chi connectivity index (χ0v) is 15.8. The summed E-state index contributed by atoms with van der Waals surface area (Å²) < 4.78 is 16.0. The highest BCUT2D eigenvalue weighted by molar-refractivity contribution is 5.71. The number of hydrogen-bond donors (Lipinski definition) is 5. The average molecular weight is 404 g/mol. The van der Waals surface area contributed by atoms with E-state index in [2.05, 4.69) is 0 Å². The summed E-state index contributed by atoms with van der Waals surface area (Å²) in [4.78, 5) is 0. The summed E-state index contributed by atoms with van der Waals surface area (Å²) in [5.74, 6) is 0.861. The van der Waals surface area contributed by atoms with Crippen molar-refractivity contribution in [2.45, 2.75) is 30.7 Å². The van der Waals surface area contributed by atoms with Crippen LogP contribution in [-0.2, 0) is 4.74 Å². The van der Waals surface area contributed by atoms with E-state index in [9.17, 15) is 25.5 Å². The predicted molar refractivity (Wildman–Crippen MR) is 104 cm³/mol. The highest BCUT2D eigenvalue weighted by Gasteiger charge is 2.44. The molecule has 2 aromatic carbocycles. The minimum absolute atomic E-state index is 0.0681. The summed E-state index contributed by atoms with van der Waals surface area (Å²) >= 11 is 0. The van der Waals surface area contributed by atoms with Crippen molar-refractivity contribution in [2.75, 3.05) is 13.7 Å². The van der Waals surface area contributed by atoms with Gasteiger partial charge in [0.2, 0.25) is 6.29 Å². The Morgan fingerprint density at radius 2 is 1.59 bits per heavy atom. The monoisotopic (exact) mass is 404 g/mol. The Morgan fingerprint density at radius 3 is 2.24 bits per heavy atom. The number of rotatable bonds is 6. The maximum atomic E-state index is 10.1. The summed E-state index contributed by atoms with van der Waals surface area (Å²) in [5.41, 5.74) is 1.55. The first-order chi connectivity index (χ1) is 13.9. The number of methoxy groups -OCH3 is 1. The van der Waals surface area contributed by atoms with Crippen molar-refractivity contribution in [3.8, 4) is 17.2 Å². The Bertz CT molecular complexity index is 833. The van der Waals surface area contributed by atoms with Crippen LogP contribution in [0.1, 0.15) is 11.1 Å². The lowest BCUT2D eigenvalue weighted by atomic mass is 9.99. The number of phenols is 1. The Hall–Kier alpha value is -2.62. The Kier molecular flexibility index (Phi) is 6.73. The third kappa shape index (κ3) is 5.06. The molecule has 0 spiro atoms. The van der Waals surface area contributed by atoms with Crippen molar-refractivity contribution in [2.24, 2.45) is 0 Å². The van der Waals surface area contributed by atoms with Crippen LogP contribution >= 0.6 is 0 Å². The van der Waals surface area contributed by atoms with Gasteiger partial charge in [-0.05, 0) is 35.4 Å². The van der Waals surface area contributed by atoms with E-state index in [1.165, 1.54) is 12.1 Å². The molecule has 29 heavy (non-hydrogen) atoms. The molecule has 4 unspecified atom stereocenters. The van der Waals surface area contributed by atoms with Gasteiger partial charge in [-0.3, -0.25) is 0 Å². The van der Waals surface area contributed by atoms with Gasteiger partial charge in [0.05, 0.1) is 13.7 Å². The van der Waals surface area contributed by atoms with Gasteiger partial charge in [0.15, 0.2) is 0 Å². The molecule has 8 nitrogen and oxygen atoms in total. The maximum absolute atomic E-state index is 10.1. The molecular weight excluding hydrogens is 380 g/mol. The van der Waals surface area contributed by atoms with Crippen LogP contribution in [-0.4, -0.2) is 70.0 Å². The zero-order chi connectivity index (χ0) is 21.0. The minimum Gasteiger partial charge on any atom is -0.508 e. The van der Waals surface area contributed by atoms with Gasteiger partial charge in [-0.1, -0.05) is 24.3 Å². The van der Waals surface area contributed by atoms with Crippen LogP contribution < -0.4 is 9.47 Å². The number of benzene rings is 2. The lowest BCUT2D eigenvalue weighted by Gasteiger charge is -2.39. The van der Waals surface area contributed by atoms with Gasteiger partial charge in [0.1, 0.15) is 41.7 Å². The average Bonchev–Trinajstić information content (AvgIpc) is 2.72. The highest BCUT2D eigenvalue weighted by atomic mass is 16.7. The van der Waals surface area contributed by atoms with Gasteiger partial charge in [0.25, 0.3) is 0 Å². The summed E-state index contributed by atoms with van der Waals surface area (Å²) in [6.45, 7) is -0.555. The molecule has 0 aromatic heterocycles. The van der Waals surface area contributed by atoms with E-state index in [0.29, 0.717) is 5.56 Å². The fourth-order valence-electron chi connectivity index (χ4n) is 2.98. The van der Waals surface area contributed by atoms with Gasteiger partial charge >= 0.3 is 0 Å². The predicted octanol–water partition coefficient (Wildman–Crippen LogP) is 0.750. The van der Waals surface area contributed by atoms with Crippen molar-refractivity contribution in [1.29, 1.82) is 0 Å². The molecule has 5 atom stereocenters. The number of aliphatic hydroxyl groups excluding tert-OH is 4. The first-order valence-corrected chi connectivity index (χ1v) is 9.04. The number of ether oxygens (including phenoxy) is 3. The third-order valence-electron chi connectivity index (χ3n) is 4.60. The van der Waals surface area contributed by atoms with Crippen molar-refractivity contribution in [3.05, 3.63) is 53.6 Å². The van der Waals surface area contributed by atoms with Gasteiger partial charge in [-0.2, -0.15) is 0 Å². The van der Waals surface area contributed by atoms with Crippen LogP contribution in [0.25, 0.3) is 12.2 Å². The number of hydrogen-bond acceptors (Lipinski definition) is 8. The molecule has 0 aliphatic carbocycles. The van der Waals surface area contributed by atoms with E-state index in [1.807, 2.05) is 30.3 Å². The molecule has 1 aliphatic heterocycles. The quantitative estimate of drug-likeness (QED) is 0.446. The molecular formula is C21H24O8. The SMILES string of the molecule is COc1ccc(/C=C/c2cc(O)cc(O[C@H]3OC(CO)C(O)C(O)C3O)c2)cc1. The van der Waals surface area contributed by atoms with Crippen LogP contribution in [0.15, 0.2) is 42.5 Å². The molecule has 1 fully saturated rings. The van der Waals surface area contributed by atoms with Gasteiger partial charge in [0, 0.05) is 6.07 Å². The molecule has 0 saturated carbocycles. The summed E-state index contributed by atoms with van der Waals surface area (Å²) in [5, 5.41) is 49.0. The molecule has 0 bridgehead atoms. The second-order valence-corrected chi connectivity index (χ2v) is 6.68. The van der Waals surface area contributed by atoms with E-state index in [0.717, 1.165) is 11.3 Å². The topological polar surface area (TPSA) is 129 Å². The third-order valence-corrected chi connectivity index (χ3v) is 4.60. The van der Waals surface area contributed by atoms with Crippen LogP contribution in [0, 0.1) is 0 Å². The summed E-state index contributed by atoms with van der Waals surface area (Å²) in [6.07, 6.45) is -3.35. The molecule has 1 saturated heterocycles. The number of aliphatic hydroxyl groups is 4. The van der Waals surface area contributed by atoms with E-state index >= 15 is 0 Å². The Morgan fingerprint density at radius 1 is 0.897 bits per heavy atom. The molecule has 1 heterocycles. The first kappa shape index (κ1) is 21.1. The lowest BCUT2D eigenvalue weighted by Crippen LogP contribution is -2.60. The maximum Gasteiger partial charge on any atom is 0.229 e. The minimum atomic E-state index is -1.54. The summed E-state index contributed by atoms with van der Waals surface area (Å²) in [6, 6.07) is 11.9. The fraction of sp³-hybridized carbons (Fsp3) is 0.333. The van der Waals surface area contributed by atoms with Gasteiger partial charge in [-0.15, -0.1) is 0 Å². The van der Waals surface area contributed by atoms with Crippen LogP contribution in [0.3, 0.4) is 0 Å². The van der Waals surface area contributed by atoms with Crippen LogP contribution in [0.4, 0.5) is 0 Å². The number of phenolic OH excluding ortho intramolecular Hbond substituents is 1. The molecule has 156 valence electrons. The van der Waals surface area contributed by atoms with E-state index in [1.54, 1.807) is 19.3 Å². The highest BCUT2D eigenvalue weighted by Crippen LogP contribution is 2.28. The van der Waals surface area contributed by atoms with E-state index in [-0.39, 0.29) is 11.5 Å². The normalized spacial score (nSPS) is 27.1. The lowest BCUT2D eigenvalue weighted by molar-refractivity contribution is -0.277. The molecule has 5 N–H and O–H groups in total. The van der Waals surface area contributed by atoms with Crippen molar-refractivity contribution < 1.29 is 39.7 Å². The zero-order valence-electron chi connectivity index (χ0n) is 15.8. The smallest absolute Gasteiger partial charge is 0.229 e.